The van der Waals surface area contributed by atoms with Crippen LogP contribution in [0.4, 0.5) is 0 Å². The minimum Gasteiger partial charge on any atom is -0.464 e. The Labute approximate surface area is 164 Å². The molecule has 2 heterocycles. The average Bonchev–Trinajstić information content (AvgIpc) is 3.54. The summed E-state index contributed by atoms with van der Waals surface area (Å²) in [4.78, 5) is 29.4. The number of carbonyl (C=O) groups is 2. The topological polar surface area (TPSA) is 94.3 Å². The Morgan fingerprint density at radius 2 is 2.00 bits per heavy atom. The highest BCUT2D eigenvalue weighted by Crippen LogP contribution is 2.41. The maximum atomic E-state index is 12.9. The third-order valence-corrected chi connectivity index (χ3v) is 5.05. The number of esters is 1. The van der Waals surface area contributed by atoms with Crippen LogP contribution < -0.4 is 5.32 Å². The predicted molar refractivity (Wildman–Crippen MR) is 103 cm³/mol. The quantitative estimate of drug-likeness (QED) is 0.735. The molecule has 0 radical (unpaired) electrons. The van der Waals surface area contributed by atoms with Gasteiger partial charge in [0, 0.05) is 11.6 Å². The second-order valence-corrected chi connectivity index (χ2v) is 9.22. The fraction of sp³-hybridized carbons (Fsp3) is 0.619. The zero-order chi connectivity index (χ0) is 19.9. The van der Waals surface area contributed by atoms with Crippen molar-refractivity contribution in [3.8, 4) is 0 Å². The lowest BCUT2D eigenvalue weighted by atomic mass is 9.89. The molecular formula is C21H27N3O4. The van der Waals surface area contributed by atoms with Crippen molar-refractivity contribution in [1.82, 2.24) is 15.5 Å². The summed E-state index contributed by atoms with van der Waals surface area (Å²) in [5.41, 5.74) is 2.43. The Balaban J connectivity index is 1.56. The van der Waals surface area contributed by atoms with E-state index in [0.29, 0.717) is 41.5 Å². The van der Waals surface area contributed by atoms with Gasteiger partial charge in [0.15, 0.2) is 0 Å². The molecule has 0 atom stereocenters. The van der Waals surface area contributed by atoms with Crippen LogP contribution in [-0.4, -0.2) is 35.2 Å². The molecule has 2 aliphatic rings. The molecule has 150 valence electrons. The van der Waals surface area contributed by atoms with Crippen LogP contribution in [0.25, 0.3) is 11.1 Å². The molecule has 0 saturated heterocycles. The Morgan fingerprint density at radius 3 is 2.64 bits per heavy atom. The molecule has 2 saturated carbocycles. The fourth-order valence-electron chi connectivity index (χ4n) is 3.21. The van der Waals surface area contributed by atoms with Gasteiger partial charge in [-0.15, -0.1) is 0 Å². The number of pyridine rings is 1. The highest BCUT2D eigenvalue weighted by atomic mass is 16.5. The average molecular weight is 385 g/mol. The number of hydrogen-bond donors (Lipinski definition) is 1. The molecule has 1 amide bonds. The highest BCUT2D eigenvalue weighted by molar-refractivity contribution is 6.06. The van der Waals surface area contributed by atoms with E-state index < -0.39 is 5.97 Å². The van der Waals surface area contributed by atoms with E-state index in [1.807, 2.05) is 6.07 Å². The Hall–Kier alpha value is -2.44. The van der Waals surface area contributed by atoms with Crippen LogP contribution in [0.3, 0.4) is 0 Å². The van der Waals surface area contributed by atoms with Gasteiger partial charge in [-0.1, -0.05) is 25.9 Å². The zero-order valence-electron chi connectivity index (χ0n) is 16.7. The first-order valence-corrected chi connectivity index (χ1v) is 10.0. The lowest BCUT2D eigenvalue weighted by Gasteiger charge is -2.16. The number of rotatable bonds is 7. The molecule has 0 bridgehead atoms. The minimum absolute atomic E-state index is 0.0146. The standard InChI is InChI=1S/C21H27N3O4/c1-21(2,3)9-16-18-14(8-15(13-6-7-13)23-20(18)28-24-16)19(26)22-10-17(25)27-11-12-4-5-12/h8,12-13H,4-7,9-11H2,1-3H3,(H,22,26). The summed E-state index contributed by atoms with van der Waals surface area (Å²) in [5, 5.41) is 7.52. The van der Waals surface area contributed by atoms with Crippen molar-refractivity contribution >= 4 is 23.0 Å². The number of nitrogens with one attached hydrogen (secondary N) is 1. The number of hydrogen-bond acceptors (Lipinski definition) is 6. The van der Waals surface area contributed by atoms with Crippen LogP contribution in [-0.2, 0) is 16.0 Å². The first kappa shape index (κ1) is 18.9. The summed E-state index contributed by atoms with van der Waals surface area (Å²) in [6, 6.07) is 1.83. The normalized spacial score (nSPS) is 17.0. The molecule has 7 nitrogen and oxygen atoms in total. The number of nitrogens with zero attached hydrogens (tertiary/aromatic N) is 2. The van der Waals surface area contributed by atoms with Crippen LogP contribution in [0.15, 0.2) is 10.6 Å². The third-order valence-electron chi connectivity index (χ3n) is 5.05. The van der Waals surface area contributed by atoms with E-state index in [0.717, 1.165) is 37.1 Å². The smallest absolute Gasteiger partial charge is 0.325 e. The predicted octanol–water partition coefficient (Wildman–Crippen LogP) is 3.37. The molecule has 28 heavy (non-hydrogen) atoms. The van der Waals surface area contributed by atoms with Gasteiger partial charge in [0.2, 0.25) is 0 Å². The molecule has 7 heteroatoms. The van der Waals surface area contributed by atoms with Crippen molar-refractivity contribution in [3.05, 3.63) is 23.0 Å². The van der Waals surface area contributed by atoms with Gasteiger partial charge in [-0.2, -0.15) is 0 Å². The molecule has 0 spiro atoms. The van der Waals surface area contributed by atoms with Crippen molar-refractivity contribution in [2.75, 3.05) is 13.2 Å². The summed E-state index contributed by atoms with van der Waals surface area (Å²) in [6.07, 6.45) is 5.02. The van der Waals surface area contributed by atoms with E-state index in [1.165, 1.54) is 0 Å². The van der Waals surface area contributed by atoms with E-state index in [-0.39, 0.29) is 17.9 Å². The lowest BCUT2D eigenvalue weighted by molar-refractivity contribution is -0.142. The maximum Gasteiger partial charge on any atom is 0.325 e. The molecule has 1 N–H and O–H groups in total. The van der Waals surface area contributed by atoms with Gasteiger partial charge in [-0.3, -0.25) is 9.59 Å². The van der Waals surface area contributed by atoms with Gasteiger partial charge in [-0.05, 0) is 49.5 Å². The van der Waals surface area contributed by atoms with Crippen LogP contribution in [0.1, 0.15) is 74.1 Å². The maximum absolute atomic E-state index is 12.9. The van der Waals surface area contributed by atoms with E-state index in [2.05, 4.69) is 36.2 Å². The van der Waals surface area contributed by atoms with Crippen molar-refractivity contribution in [3.63, 3.8) is 0 Å². The first-order valence-electron chi connectivity index (χ1n) is 10.0. The van der Waals surface area contributed by atoms with Gasteiger partial charge < -0.3 is 14.6 Å². The zero-order valence-corrected chi connectivity index (χ0v) is 16.7. The molecule has 4 rings (SSSR count). The van der Waals surface area contributed by atoms with Gasteiger partial charge in [0.1, 0.15) is 6.54 Å². The van der Waals surface area contributed by atoms with E-state index >= 15 is 0 Å². The Morgan fingerprint density at radius 1 is 1.25 bits per heavy atom. The van der Waals surface area contributed by atoms with Crippen LogP contribution in [0, 0.1) is 11.3 Å². The van der Waals surface area contributed by atoms with Crippen LogP contribution in [0.5, 0.6) is 0 Å². The fourth-order valence-corrected chi connectivity index (χ4v) is 3.21. The van der Waals surface area contributed by atoms with Crippen molar-refractivity contribution < 1.29 is 18.8 Å². The first-order chi connectivity index (χ1) is 13.3. The molecule has 2 aromatic heterocycles. The summed E-state index contributed by atoms with van der Waals surface area (Å²) in [5.74, 6) is 0.136. The number of fused-ring (bicyclic) bond motifs is 1. The van der Waals surface area contributed by atoms with Gasteiger partial charge >= 0.3 is 5.97 Å². The number of ether oxygens (including phenoxy) is 1. The summed E-state index contributed by atoms with van der Waals surface area (Å²) < 4.78 is 10.7. The third kappa shape index (κ3) is 4.51. The van der Waals surface area contributed by atoms with Gasteiger partial charge in [0.05, 0.1) is 23.3 Å². The second kappa shape index (κ2) is 7.18. The van der Waals surface area contributed by atoms with E-state index in [1.54, 1.807) is 0 Å². The molecule has 2 fully saturated rings. The van der Waals surface area contributed by atoms with E-state index in [4.69, 9.17) is 9.26 Å². The minimum atomic E-state index is -0.409. The van der Waals surface area contributed by atoms with Crippen LogP contribution >= 0.6 is 0 Å². The summed E-state index contributed by atoms with van der Waals surface area (Å²) in [6.45, 7) is 6.62. The summed E-state index contributed by atoms with van der Waals surface area (Å²) >= 11 is 0. The van der Waals surface area contributed by atoms with Crippen molar-refractivity contribution in [2.24, 2.45) is 11.3 Å². The van der Waals surface area contributed by atoms with Gasteiger partial charge in [-0.25, -0.2) is 4.98 Å². The number of amides is 1. The molecule has 2 aliphatic carbocycles. The van der Waals surface area contributed by atoms with E-state index in [9.17, 15) is 9.59 Å². The lowest BCUT2D eigenvalue weighted by Crippen LogP contribution is -2.31. The SMILES string of the molecule is CC(C)(C)Cc1noc2nc(C3CC3)cc(C(=O)NCC(=O)OCC3CC3)c12. The largest absolute Gasteiger partial charge is 0.464 e. The molecule has 0 unspecified atom stereocenters. The highest BCUT2D eigenvalue weighted by Gasteiger charge is 2.30. The van der Waals surface area contributed by atoms with Crippen molar-refractivity contribution in [1.29, 1.82) is 0 Å². The molecule has 0 aromatic carbocycles. The van der Waals surface area contributed by atoms with Crippen LogP contribution in [0.2, 0.25) is 0 Å². The summed E-state index contributed by atoms with van der Waals surface area (Å²) in [7, 11) is 0. The van der Waals surface area contributed by atoms with Crippen molar-refractivity contribution in [2.45, 2.75) is 58.8 Å². The molecule has 0 aliphatic heterocycles. The monoisotopic (exact) mass is 385 g/mol. The molecular weight excluding hydrogens is 358 g/mol. The second-order valence-electron chi connectivity index (χ2n) is 9.22. The molecule has 2 aromatic rings. The Bertz CT molecular complexity index is 904. The van der Waals surface area contributed by atoms with Gasteiger partial charge in [0.25, 0.3) is 11.6 Å². The Kier molecular flexibility index (Phi) is 4.85. The number of aromatic nitrogens is 2. The number of carbonyl (C=O) groups excluding carboxylic acids is 2.